The summed E-state index contributed by atoms with van der Waals surface area (Å²) in [7, 11) is 0. The Morgan fingerprint density at radius 1 is 1.30 bits per heavy atom. The fraction of sp³-hybridized carbons (Fsp3) is 0.647. The molecule has 3 saturated heterocycles. The Balaban J connectivity index is 1.73. The Hall–Kier alpha value is -1.22. The van der Waals surface area contributed by atoms with E-state index in [-0.39, 0.29) is 0 Å². The summed E-state index contributed by atoms with van der Waals surface area (Å²) in [5.41, 5.74) is 2.43. The van der Waals surface area contributed by atoms with Crippen LogP contribution in [0, 0.1) is 12.8 Å². The van der Waals surface area contributed by atoms with Gasteiger partial charge >= 0.3 is 0 Å². The van der Waals surface area contributed by atoms with Gasteiger partial charge in [-0.25, -0.2) is 0 Å². The molecule has 4 rings (SSSR count). The Labute approximate surface area is 122 Å². The lowest BCUT2D eigenvalue weighted by molar-refractivity contribution is 0.0974. The van der Waals surface area contributed by atoms with Crippen LogP contribution < -0.4 is 10.1 Å². The van der Waals surface area contributed by atoms with Gasteiger partial charge in [-0.05, 0) is 62.9 Å². The van der Waals surface area contributed by atoms with E-state index in [0.29, 0.717) is 6.04 Å². The number of nitrogens with one attached hydrogen (secondary N) is 1. The van der Waals surface area contributed by atoms with E-state index in [1.54, 1.807) is 0 Å². The van der Waals surface area contributed by atoms with Crippen molar-refractivity contribution in [1.29, 1.82) is 0 Å². The normalized spacial score (nSPS) is 28.4. The summed E-state index contributed by atoms with van der Waals surface area (Å²) in [6.07, 6.45) is 3.73. The molecule has 3 aliphatic heterocycles. The molecular weight excluding hydrogens is 248 g/mol. The van der Waals surface area contributed by atoms with Gasteiger partial charge in [0.1, 0.15) is 5.75 Å². The summed E-state index contributed by atoms with van der Waals surface area (Å²) < 4.78 is 5.91. The van der Waals surface area contributed by atoms with Crippen molar-refractivity contribution in [2.45, 2.75) is 39.2 Å². The van der Waals surface area contributed by atoms with Crippen LogP contribution in [0.1, 0.15) is 31.7 Å². The molecule has 1 aromatic rings. The van der Waals surface area contributed by atoms with Gasteiger partial charge in [0, 0.05) is 12.6 Å². The molecule has 0 aliphatic carbocycles. The van der Waals surface area contributed by atoms with E-state index >= 15 is 0 Å². The van der Waals surface area contributed by atoms with Crippen molar-refractivity contribution >= 4 is 5.69 Å². The van der Waals surface area contributed by atoms with Crippen LogP contribution in [0.25, 0.3) is 0 Å². The third-order valence-corrected chi connectivity index (χ3v) is 4.60. The van der Waals surface area contributed by atoms with Gasteiger partial charge in [-0.3, -0.25) is 0 Å². The maximum absolute atomic E-state index is 5.91. The zero-order chi connectivity index (χ0) is 13.9. The lowest BCUT2D eigenvalue weighted by Crippen LogP contribution is -2.53. The molecule has 1 unspecified atom stereocenters. The number of fused-ring (bicyclic) bond motifs is 3. The molecule has 3 heteroatoms. The quantitative estimate of drug-likeness (QED) is 0.891. The number of piperidine rings is 3. The van der Waals surface area contributed by atoms with Gasteiger partial charge in [0.15, 0.2) is 0 Å². The van der Waals surface area contributed by atoms with Crippen molar-refractivity contribution in [2.24, 2.45) is 5.92 Å². The number of benzene rings is 1. The molecule has 3 nitrogen and oxygen atoms in total. The molecule has 0 saturated carbocycles. The Kier molecular flexibility index (Phi) is 4.16. The van der Waals surface area contributed by atoms with Crippen LogP contribution in [0.4, 0.5) is 5.69 Å². The summed E-state index contributed by atoms with van der Waals surface area (Å²) in [5.74, 6) is 1.85. The largest absolute Gasteiger partial charge is 0.491 e. The van der Waals surface area contributed by atoms with E-state index in [9.17, 15) is 0 Å². The maximum atomic E-state index is 5.91. The molecule has 1 aromatic carbocycles. The SMILES string of the molecule is CCCOc1cc(C)ccc1NC1CN2CCC1CC2. The van der Waals surface area contributed by atoms with E-state index in [1.807, 2.05) is 0 Å². The highest BCUT2D eigenvalue weighted by Gasteiger charge is 2.34. The van der Waals surface area contributed by atoms with E-state index in [4.69, 9.17) is 4.74 Å². The van der Waals surface area contributed by atoms with Crippen LogP contribution in [0.5, 0.6) is 5.75 Å². The molecule has 1 atom stereocenters. The second-order valence-corrected chi connectivity index (χ2v) is 6.24. The van der Waals surface area contributed by atoms with Gasteiger partial charge in [0.05, 0.1) is 12.3 Å². The fourth-order valence-electron chi connectivity index (χ4n) is 3.41. The Morgan fingerprint density at radius 2 is 2.10 bits per heavy atom. The molecule has 1 N–H and O–H groups in total. The highest BCUT2D eigenvalue weighted by molar-refractivity contribution is 5.58. The summed E-state index contributed by atoms with van der Waals surface area (Å²) in [6.45, 7) is 8.82. The first-order valence-electron chi connectivity index (χ1n) is 7.98. The summed E-state index contributed by atoms with van der Waals surface area (Å²) >= 11 is 0. The van der Waals surface area contributed by atoms with E-state index in [0.717, 1.165) is 24.7 Å². The third-order valence-electron chi connectivity index (χ3n) is 4.60. The number of hydrogen-bond donors (Lipinski definition) is 1. The average Bonchev–Trinajstić information content (AvgIpc) is 2.49. The highest BCUT2D eigenvalue weighted by Crippen LogP contribution is 2.33. The Morgan fingerprint density at radius 3 is 2.75 bits per heavy atom. The van der Waals surface area contributed by atoms with Gasteiger partial charge < -0.3 is 15.0 Å². The molecule has 2 bridgehead atoms. The van der Waals surface area contributed by atoms with E-state index < -0.39 is 0 Å². The number of anilines is 1. The molecule has 3 heterocycles. The molecule has 3 fully saturated rings. The zero-order valence-electron chi connectivity index (χ0n) is 12.7. The molecule has 3 aliphatic rings. The lowest BCUT2D eigenvalue weighted by atomic mass is 9.84. The van der Waals surface area contributed by atoms with E-state index in [2.05, 4.69) is 42.3 Å². The fourth-order valence-corrected chi connectivity index (χ4v) is 3.41. The van der Waals surface area contributed by atoms with Crippen LogP contribution in [-0.4, -0.2) is 37.2 Å². The lowest BCUT2D eigenvalue weighted by Gasteiger charge is -2.45. The van der Waals surface area contributed by atoms with Crippen molar-refractivity contribution in [3.63, 3.8) is 0 Å². The third kappa shape index (κ3) is 2.93. The van der Waals surface area contributed by atoms with Crippen LogP contribution >= 0.6 is 0 Å². The molecular formula is C17H26N2O. The van der Waals surface area contributed by atoms with Crippen molar-refractivity contribution in [3.8, 4) is 5.75 Å². The molecule has 20 heavy (non-hydrogen) atoms. The highest BCUT2D eigenvalue weighted by atomic mass is 16.5. The predicted molar refractivity (Wildman–Crippen MR) is 83.5 cm³/mol. The van der Waals surface area contributed by atoms with Crippen molar-refractivity contribution < 1.29 is 4.74 Å². The second-order valence-electron chi connectivity index (χ2n) is 6.24. The number of nitrogens with zero attached hydrogens (tertiary/aromatic N) is 1. The monoisotopic (exact) mass is 274 g/mol. The number of hydrogen-bond acceptors (Lipinski definition) is 3. The van der Waals surface area contributed by atoms with Crippen molar-refractivity contribution in [1.82, 2.24) is 4.90 Å². The molecule has 0 radical (unpaired) electrons. The minimum absolute atomic E-state index is 0.587. The predicted octanol–water partition coefficient (Wildman–Crippen LogP) is 3.29. The first-order chi connectivity index (χ1) is 9.76. The van der Waals surface area contributed by atoms with Gasteiger partial charge in [-0.15, -0.1) is 0 Å². The van der Waals surface area contributed by atoms with Gasteiger partial charge in [0.25, 0.3) is 0 Å². The second kappa shape index (κ2) is 6.04. The summed E-state index contributed by atoms with van der Waals surface area (Å²) in [5, 5.41) is 3.75. The van der Waals surface area contributed by atoms with Gasteiger partial charge in [-0.2, -0.15) is 0 Å². The molecule has 0 amide bonds. The van der Waals surface area contributed by atoms with Crippen LogP contribution in [0.3, 0.4) is 0 Å². The van der Waals surface area contributed by atoms with Crippen LogP contribution in [-0.2, 0) is 0 Å². The zero-order valence-corrected chi connectivity index (χ0v) is 12.7. The summed E-state index contributed by atoms with van der Waals surface area (Å²) in [6, 6.07) is 7.09. The van der Waals surface area contributed by atoms with Gasteiger partial charge in [-0.1, -0.05) is 13.0 Å². The average molecular weight is 274 g/mol. The first-order valence-corrected chi connectivity index (χ1v) is 7.98. The molecule has 0 spiro atoms. The van der Waals surface area contributed by atoms with Crippen molar-refractivity contribution in [2.75, 3.05) is 31.6 Å². The van der Waals surface area contributed by atoms with E-state index in [1.165, 1.54) is 43.7 Å². The van der Waals surface area contributed by atoms with Crippen LogP contribution in [0.2, 0.25) is 0 Å². The topological polar surface area (TPSA) is 24.5 Å². The molecule has 0 aromatic heterocycles. The van der Waals surface area contributed by atoms with Crippen LogP contribution in [0.15, 0.2) is 18.2 Å². The maximum Gasteiger partial charge on any atom is 0.142 e. The Bertz CT molecular complexity index is 452. The standard InChI is InChI=1S/C17H26N2O/c1-3-10-20-17-11-13(2)4-5-15(17)18-16-12-19-8-6-14(16)7-9-19/h4-5,11,14,16,18H,3,6-10,12H2,1-2H3. The van der Waals surface area contributed by atoms with Crippen molar-refractivity contribution in [3.05, 3.63) is 23.8 Å². The van der Waals surface area contributed by atoms with Gasteiger partial charge in [0.2, 0.25) is 0 Å². The first kappa shape index (κ1) is 13.7. The molecule has 110 valence electrons. The number of ether oxygens (including phenoxy) is 1. The number of aryl methyl sites for hydroxylation is 1. The summed E-state index contributed by atoms with van der Waals surface area (Å²) in [4.78, 5) is 2.58. The minimum Gasteiger partial charge on any atom is -0.491 e. The number of rotatable bonds is 5. The minimum atomic E-state index is 0.587. The smallest absolute Gasteiger partial charge is 0.142 e.